The summed E-state index contributed by atoms with van der Waals surface area (Å²) in [6.45, 7) is 2.25. The highest BCUT2D eigenvalue weighted by atomic mass is 32.1. The Bertz CT molecular complexity index is 593. The SMILES string of the molecule is C[C@H]1CCCc2sc3nc(NN)nc(NN)c3c21. The van der Waals surface area contributed by atoms with Crippen molar-refractivity contribution < 1.29 is 0 Å². The molecule has 2 aromatic heterocycles. The van der Waals surface area contributed by atoms with Crippen LogP contribution in [0.5, 0.6) is 0 Å². The fourth-order valence-corrected chi connectivity index (χ4v) is 3.99. The van der Waals surface area contributed by atoms with Crippen molar-refractivity contribution in [1.29, 1.82) is 0 Å². The number of nitrogens with two attached hydrogens (primary N) is 2. The van der Waals surface area contributed by atoms with Crippen LogP contribution in [0.25, 0.3) is 10.2 Å². The van der Waals surface area contributed by atoms with Gasteiger partial charge in [0, 0.05) is 4.88 Å². The fourth-order valence-electron chi connectivity index (χ4n) is 2.66. The van der Waals surface area contributed by atoms with Gasteiger partial charge < -0.3 is 5.43 Å². The first-order chi connectivity index (χ1) is 8.74. The first-order valence-electron chi connectivity index (χ1n) is 6.01. The number of hydrazine groups is 2. The fraction of sp³-hybridized carbons (Fsp3) is 0.455. The van der Waals surface area contributed by atoms with Crippen LogP contribution in [-0.4, -0.2) is 9.97 Å². The lowest BCUT2D eigenvalue weighted by Crippen LogP contribution is -2.15. The van der Waals surface area contributed by atoms with E-state index in [1.165, 1.54) is 23.3 Å². The van der Waals surface area contributed by atoms with Crippen LogP contribution in [0.2, 0.25) is 0 Å². The van der Waals surface area contributed by atoms with E-state index in [1.807, 2.05) is 0 Å². The number of anilines is 2. The van der Waals surface area contributed by atoms with Gasteiger partial charge in [0.25, 0.3) is 0 Å². The predicted molar refractivity (Wildman–Crippen MR) is 74.4 cm³/mol. The van der Waals surface area contributed by atoms with Crippen LogP contribution < -0.4 is 22.5 Å². The van der Waals surface area contributed by atoms with Crippen LogP contribution in [0.15, 0.2) is 0 Å². The number of thiophene rings is 1. The zero-order valence-electron chi connectivity index (χ0n) is 10.2. The van der Waals surface area contributed by atoms with Crippen LogP contribution in [0, 0.1) is 0 Å². The molecular weight excluding hydrogens is 248 g/mol. The molecule has 7 heteroatoms. The molecule has 6 nitrogen and oxygen atoms in total. The van der Waals surface area contributed by atoms with E-state index < -0.39 is 0 Å². The normalized spacial score (nSPS) is 18.7. The Hall–Kier alpha value is -1.44. The van der Waals surface area contributed by atoms with Gasteiger partial charge in [0.15, 0.2) is 5.82 Å². The Labute approximate surface area is 109 Å². The van der Waals surface area contributed by atoms with Gasteiger partial charge >= 0.3 is 0 Å². The number of fused-ring (bicyclic) bond motifs is 3. The summed E-state index contributed by atoms with van der Waals surface area (Å²) in [5.74, 6) is 12.5. The lowest BCUT2D eigenvalue weighted by atomic mass is 9.87. The van der Waals surface area contributed by atoms with Crippen LogP contribution in [0.4, 0.5) is 11.8 Å². The molecule has 0 radical (unpaired) electrons. The van der Waals surface area contributed by atoms with E-state index in [4.69, 9.17) is 11.7 Å². The van der Waals surface area contributed by atoms with Crippen LogP contribution in [0.3, 0.4) is 0 Å². The van der Waals surface area contributed by atoms with Crippen molar-refractivity contribution in [1.82, 2.24) is 9.97 Å². The molecule has 0 aromatic carbocycles. The molecule has 1 aliphatic rings. The van der Waals surface area contributed by atoms with Crippen molar-refractivity contribution in [2.24, 2.45) is 11.7 Å². The lowest BCUT2D eigenvalue weighted by molar-refractivity contribution is 0.602. The molecule has 0 aliphatic heterocycles. The summed E-state index contributed by atoms with van der Waals surface area (Å²) < 4.78 is 0. The maximum absolute atomic E-state index is 5.57. The molecule has 1 atom stereocenters. The molecule has 96 valence electrons. The Balaban J connectivity index is 2.32. The monoisotopic (exact) mass is 264 g/mol. The van der Waals surface area contributed by atoms with Gasteiger partial charge in [-0.1, -0.05) is 6.92 Å². The zero-order valence-corrected chi connectivity index (χ0v) is 11.0. The third-order valence-corrected chi connectivity index (χ3v) is 4.62. The molecule has 0 bridgehead atoms. The number of rotatable bonds is 2. The van der Waals surface area contributed by atoms with Crippen molar-refractivity contribution in [2.75, 3.05) is 10.9 Å². The average Bonchev–Trinajstić information content (AvgIpc) is 2.76. The smallest absolute Gasteiger partial charge is 0.240 e. The number of hydrogen-bond donors (Lipinski definition) is 4. The average molecular weight is 264 g/mol. The highest BCUT2D eigenvalue weighted by Gasteiger charge is 2.25. The minimum Gasteiger partial charge on any atom is -0.308 e. The molecule has 0 fully saturated rings. The van der Waals surface area contributed by atoms with E-state index in [-0.39, 0.29) is 0 Å². The molecule has 2 aromatic rings. The van der Waals surface area contributed by atoms with Crippen molar-refractivity contribution >= 4 is 33.3 Å². The summed E-state index contributed by atoms with van der Waals surface area (Å²) in [6.07, 6.45) is 3.57. The third-order valence-electron chi connectivity index (χ3n) is 3.47. The Morgan fingerprint density at radius 1 is 1.28 bits per heavy atom. The summed E-state index contributed by atoms with van der Waals surface area (Å²) in [7, 11) is 0. The van der Waals surface area contributed by atoms with E-state index in [0.29, 0.717) is 17.7 Å². The van der Waals surface area contributed by atoms with Crippen LogP contribution in [0.1, 0.15) is 36.1 Å². The van der Waals surface area contributed by atoms with E-state index in [0.717, 1.165) is 16.6 Å². The third kappa shape index (κ3) is 1.63. The summed E-state index contributed by atoms with van der Waals surface area (Å²) in [5, 5.41) is 1.06. The Morgan fingerprint density at radius 3 is 2.83 bits per heavy atom. The second-order valence-electron chi connectivity index (χ2n) is 4.60. The number of aryl methyl sites for hydroxylation is 1. The topological polar surface area (TPSA) is 102 Å². The van der Waals surface area contributed by atoms with Crippen molar-refractivity contribution in [3.63, 3.8) is 0 Å². The van der Waals surface area contributed by atoms with Gasteiger partial charge in [-0.2, -0.15) is 4.98 Å². The van der Waals surface area contributed by atoms with Gasteiger partial charge in [-0.05, 0) is 30.7 Å². The number of aromatic nitrogens is 2. The first-order valence-corrected chi connectivity index (χ1v) is 6.82. The summed E-state index contributed by atoms with van der Waals surface area (Å²) in [4.78, 5) is 11.0. The Morgan fingerprint density at radius 2 is 2.11 bits per heavy atom. The van der Waals surface area contributed by atoms with Crippen LogP contribution >= 0.6 is 11.3 Å². The number of hydrogen-bond acceptors (Lipinski definition) is 7. The molecule has 3 rings (SSSR count). The molecule has 1 aliphatic carbocycles. The summed E-state index contributed by atoms with van der Waals surface area (Å²) >= 11 is 1.72. The van der Waals surface area contributed by atoms with Gasteiger partial charge in [0.05, 0.1) is 5.39 Å². The van der Waals surface area contributed by atoms with Crippen LogP contribution in [-0.2, 0) is 6.42 Å². The molecule has 0 saturated carbocycles. The number of nitrogen functional groups attached to an aromatic ring is 2. The molecule has 0 unspecified atom stereocenters. The molecule has 2 heterocycles. The maximum atomic E-state index is 5.57. The minimum atomic E-state index is 0.390. The quantitative estimate of drug-likeness (QED) is 0.486. The zero-order chi connectivity index (χ0) is 12.7. The van der Waals surface area contributed by atoms with E-state index in [2.05, 4.69) is 27.7 Å². The number of nitrogens with one attached hydrogen (secondary N) is 2. The maximum Gasteiger partial charge on any atom is 0.240 e. The van der Waals surface area contributed by atoms with E-state index in [9.17, 15) is 0 Å². The number of nitrogens with zero attached hydrogens (tertiary/aromatic N) is 2. The summed E-state index contributed by atoms with van der Waals surface area (Å²) in [6, 6.07) is 0. The largest absolute Gasteiger partial charge is 0.308 e. The highest BCUT2D eigenvalue weighted by molar-refractivity contribution is 7.19. The van der Waals surface area contributed by atoms with Gasteiger partial charge in [0.1, 0.15) is 4.83 Å². The standard InChI is InChI=1S/C11H16N6S/c1-5-3-2-4-6-7(5)8-9(16-12)14-11(17-13)15-10(8)18-6/h5H,2-4,12-13H2,1H3,(H2,14,15,16,17)/t5-/m0/s1. The van der Waals surface area contributed by atoms with Gasteiger partial charge in [-0.3, -0.25) is 5.43 Å². The van der Waals surface area contributed by atoms with Gasteiger partial charge in [-0.15, -0.1) is 11.3 Å². The van der Waals surface area contributed by atoms with E-state index >= 15 is 0 Å². The first kappa shape index (κ1) is 11.6. The highest BCUT2D eigenvalue weighted by Crippen LogP contribution is 2.43. The Kier molecular flexibility index (Phi) is 2.81. The lowest BCUT2D eigenvalue weighted by Gasteiger charge is -2.19. The molecule has 18 heavy (non-hydrogen) atoms. The molecule has 0 amide bonds. The van der Waals surface area contributed by atoms with Gasteiger partial charge in [0.2, 0.25) is 5.95 Å². The molecular formula is C11H16N6S. The van der Waals surface area contributed by atoms with Crippen molar-refractivity contribution in [2.45, 2.75) is 32.1 Å². The van der Waals surface area contributed by atoms with Crippen molar-refractivity contribution in [3.8, 4) is 0 Å². The van der Waals surface area contributed by atoms with Crippen molar-refractivity contribution in [3.05, 3.63) is 10.4 Å². The second-order valence-corrected chi connectivity index (χ2v) is 5.68. The second kappa shape index (κ2) is 4.34. The molecule has 6 N–H and O–H groups in total. The predicted octanol–water partition coefficient (Wildman–Crippen LogP) is 1.70. The molecule has 0 saturated heterocycles. The van der Waals surface area contributed by atoms with Gasteiger partial charge in [-0.25, -0.2) is 16.7 Å². The van der Waals surface area contributed by atoms with E-state index in [1.54, 1.807) is 11.3 Å². The molecule has 0 spiro atoms. The summed E-state index contributed by atoms with van der Waals surface area (Å²) in [5.41, 5.74) is 6.49. The minimum absolute atomic E-state index is 0.390.